The highest BCUT2D eigenvalue weighted by Crippen LogP contribution is 2.45. The minimum Gasteiger partial charge on any atom is -0.462 e. The first-order valence-corrected chi connectivity index (χ1v) is 44.8. The van der Waals surface area contributed by atoms with E-state index in [1.165, 1.54) is 212 Å². The van der Waals surface area contributed by atoms with Gasteiger partial charge in [0.2, 0.25) is 0 Å². The molecule has 0 saturated heterocycles. The lowest BCUT2D eigenvalue weighted by molar-refractivity contribution is -0.161. The molecule has 0 aromatic rings. The maximum Gasteiger partial charge on any atom is 0.472 e. The van der Waals surface area contributed by atoms with E-state index in [0.29, 0.717) is 25.7 Å². The van der Waals surface area contributed by atoms with E-state index in [2.05, 4.69) is 55.4 Å². The molecule has 5 unspecified atom stereocenters. The molecule has 0 aliphatic heterocycles. The molecule has 0 heterocycles. The lowest BCUT2D eigenvalue weighted by Gasteiger charge is -2.21. The molecule has 0 aromatic heterocycles. The van der Waals surface area contributed by atoms with Gasteiger partial charge in [-0.2, -0.15) is 0 Å². The second-order valence-electron chi connectivity index (χ2n) is 30.4. The molecule has 0 fully saturated rings. The van der Waals surface area contributed by atoms with Crippen LogP contribution in [0.15, 0.2) is 0 Å². The molecule has 0 amide bonds. The van der Waals surface area contributed by atoms with Crippen LogP contribution >= 0.6 is 15.6 Å². The highest BCUT2D eigenvalue weighted by molar-refractivity contribution is 7.47. The molecule has 8 atom stereocenters. The molecule has 100 heavy (non-hydrogen) atoms. The number of rotatable bonds is 78. The third-order valence-electron chi connectivity index (χ3n) is 19.9. The van der Waals surface area contributed by atoms with E-state index in [-0.39, 0.29) is 25.7 Å². The Labute approximate surface area is 613 Å². The first-order valence-electron chi connectivity index (χ1n) is 41.8. The standard InChI is InChI=1S/C81H158O17P2/c1-9-72(6)58-50-42-34-30-26-22-18-14-12-13-15-19-23-27-31-35-45-53-61-78(83)91-67-77(98-81(86)64-56-48-40-38-44-52-60-74(8)11-3)70-96-100(89,90)94-66-75(82)65-93-99(87,88)95-69-76(68-92-79(84)62-54-46-39-37-43-51-59-73(7)10-2)97-80(85)63-55-47-36-32-28-24-20-16-17-21-25-29-33-41-49-57-71(4)5/h71-77,82H,9-70H2,1-8H3,(H,87,88)(H,89,90)/t72?,73?,74?,75-,76+,77+/m0/s1. The Hall–Kier alpha value is -1.94. The molecular weight excluding hydrogens is 1310 g/mol. The predicted octanol–water partition coefficient (Wildman–Crippen LogP) is 24.0. The first-order chi connectivity index (χ1) is 48.2. The zero-order valence-corrected chi connectivity index (χ0v) is 67.6. The van der Waals surface area contributed by atoms with Gasteiger partial charge in [0.25, 0.3) is 0 Å². The van der Waals surface area contributed by atoms with Crippen molar-refractivity contribution in [1.29, 1.82) is 0 Å². The number of phosphoric acid groups is 2. The molecule has 594 valence electrons. The van der Waals surface area contributed by atoms with Crippen molar-refractivity contribution in [3.05, 3.63) is 0 Å². The third kappa shape index (κ3) is 70.4. The van der Waals surface area contributed by atoms with Crippen LogP contribution in [0.25, 0.3) is 0 Å². The topological polar surface area (TPSA) is 237 Å². The number of aliphatic hydroxyl groups excluding tert-OH is 1. The van der Waals surface area contributed by atoms with Crippen molar-refractivity contribution in [2.75, 3.05) is 39.6 Å². The SMILES string of the molecule is CCC(C)CCCCCCCCCCCCCCCCCCCCC(=O)OC[C@H](COP(=O)(O)OC[C@@H](O)COP(=O)(O)OC[C@@H](COC(=O)CCCCCCCCC(C)CC)OC(=O)CCCCCCCCCCCCCCCCCC(C)C)OC(=O)CCCCCCCCC(C)CC. The lowest BCUT2D eigenvalue weighted by atomic mass is 9.99. The fraction of sp³-hybridized carbons (Fsp3) is 0.951. The van der Waals surface area contributed by atoms with Gasteiger partial charge in [0.1, 0.15) is 19.3 Å². The van der Waals surface area contributed by atoms with Crippen LogP contribution < -0.4 is 0 Å². The van der Waals surface area contributed by atoms with Gasteiger partial charge >= 0.3 is 39.5 Å². The maximum atomic E-state index is 13.1. The summed E-state index contributed by atoms with van der Waals surface area (Å²) in [6, 6.07) is 0. The molecule has 0 radical (unpaired) electrons. The van der Waals surface area contributed by atoms with Crippen molar-refractivity contribution in [3.63, 3.8) is 0 Å². The van der Waals surface area contributed by atoms with E-state index < -0.39 is 97.5 Å². The summed E-state index contributed by atoms with van der Waals surface area (Å²) < 4.78 is 68.6. The number of ether oxygens (including phenoxy) is 4. The van der Waals surface area contributed by atoms with E-state index >= 15 is 0 Å². The van der Waals surface area contributed by atoms with Crippen LogP contribution in [0.4, 0.5) is 0 Å². The Kier molecular flexibility index (Phi) is 68.7. The minimum absolute atomic E-state index is 0.103. The van der Waals surface area contributed by atoms with Crippen LogP contribution in [0.1, 0.15) is 415 Å². The highest BCUT2D eigenvalue weighted by atomic mass is 31.2. The summed E-state index contributed by atoms with van der Waals surface area (Å²) in [5.74, 6) is 1.01. The predicted molar refractivity (Wildman–Crippen MR) is 409 cm³/mol. The van der Waals surface area contributed by atoms with Gasteiger partial charge < -0.3 is 33.8 Å². The summed E-state index contributed by atoms with van der Waals surface area (Å²) in [5.41, 5.74) is 0. The van der Waals surface area contributed by atoms with Gasteiger partial charge in [0, 0.05) is 25.7 Å². The van der Waals surface area contributed by atoms with Crippen molar-refractivity contribution < 1.29 is 80.2 Å². The Morgan fingerprint density at radius 2 is 0.480 bits per heavy atom. The van der Waals surface area contributed by atoms with Crippen molar-refractivity contribution in [2.24, 2.45) is 23.7 Å². The van der Waals surface area contributed by atoms with Gasteiger partial charge in [-0.05, 0) is 49.4 Å². The number of unbranched alkanes of at least 4 members (excludes halogenated alkanes) is 41. The fourth-order valence-electron chi connectivity index (χ4n) is 12.3. The molecule has 0 rings (SSSR count). The molecule has 3 N–H and O–H groups in total. The number of carbonyl (C=O) groups is 4. The van der Waals surface area contributed by atoms with Crippen LogP contribution in [0.2, 0.25) is 0 Å². The molecule has 17 nitrogen and oxygen atoms in total. The molecule has 0 aliphatic carbocycles. The monoisotopic (exact) mass is 1470 g/mol. The lowest BCUT2D eigenvalue weighted by Crippen LogP contribution is -2.30. The zero-order chi connectivity index (χ0) is 73.8. The summed E-state index contributed by atoms with van der Waals surface area (Å²) in [7, 11) is -9.92. The first kappa shape index (κ1) is 98.1. The van der Waals surface area contributed by atoms with Gasteiger partial charge in [0.15, 0.2) is 12.2 Å². The van der Waals surface area contributed by atoms with E-state index in [4.69, 9.17) is 37.0 Å². The zero-order valence-electron chi connectivity index (χ0n) is 65.8. The summed E-state index contributed by atoms with van der Waals surface area (Å²) in [6.07, 6.45) is 57.1. The smallest absolute Gasteiger partial charge is 0.462 e. The van der Waals surface area contributed by atoms with Crippen molar-refractivity contribution in [1.82, 2.24) is 0 Å². The Bertz CT molecular complexity index is 1960. The van der Waals surface area contributed by atoms with Crippen LogP contribution in [-0.4, -0.2) is 96.7 Å². The average molecular weight is 1470 g/mol. The number of aliphatic hydroxyl groups is 1. The average Bonchev–Trinajstić information content (AvgIpc) is 0.931. The van der Waals surface area contributed by atoms with E-state index in [9.17, 15) is 43.2 Å². The summed E-state index contributed by atoms with van der Waals surface area (Å²) in [5, 5.41) is 10.6. The normalized spacial score (nSPS) is 14.8. The Morgan fingerprint density at radius 1 is 0.280 bits per heavy atom. The van der Waals surface area contributed by atoms with E-state index in [1.54, 1.807) is 0 Å². The van der Waals surface area contributed by atoms with Crippen molar-refractivity contribution >= 4 is 39.5 Å². The third-order valence-corrected chi connectivity index (χ3v) is 21.8. The molecule has 0 spiro atoms. The van der Waals surface area contributed by atoms with Crippen LogP contribution in [0.3, 0.4) is 0 Å². The molecule has 0 bridgehead atoms. The summed E-state index contributed by atoms with van der Waals surface area (Å²) in [6.45, 7) is 14.2. The van der Waals surface area contributed by atoms with Gasteiger partial charge in [-0.15, -0.1) is 0 Å². The van der Waals surface area contributed by atoms with Gasteiger partial charge in [0.05, 0.1) is 26.4 Å². The van der Waals surface area contributed by atoms with Crippen molar-refractivity contribution in [3.8, 4) is 0 Å². The summed E-state index contributed by atoms with van der Waals surface area (Å²) >= 11 is 0. The molecule has 19 heteroatoms. The molecule has 0 aliphatic rings. The van der Waals surface area contributed by atoms with E-state index in [1.807, 2.05) is 0 Å². The second kappa shape index (κ2) is 70.1. The Balaban J connectivity index is 5.13. The number of carbonyl (C=O) groups excluding carboxylic acids is 4. The van der Waals surface area contributed by atoms with Gasteiger partial charge in [-0.25, -0.2) is 9.13 Å². The van der Waals surface area contributed by atoms with Crippen LogP contribution in [0.5, 0.6) is 0 Å². The number of esters is 4. The molecule has 0 saturated carbocycles. The van der Waals surface area contributed by atoms with Gasteiger partial charge in [-0.1, -0.05) is 364 Å². The van der Waals surface area contributed by atoms with Crippen LogP contribution in [-0.2, 0) is 65.4 Å². The number of phosphoric ester groups is 2. The molecular formula is C81H158O17P2. The number of hydrogen-bond acceptors (Lipinski definition) is 15. The summed E-state index contributed by atoms with van der Waals surface area (Å²) in [4.78, 5) is 72.9. The van der Waals surface area contributed by atoms with Crippen molar-refractivity contribution in [2.45, 2.75) is 433 Å². The highest BCUT2D eigenvalue weighted by Gasteiger charge is 2.30. The van der Waals surface area contributed by atoms with Gasteiger partial charge in [-0.3, -0.25) is 37.3 Å². The quantitative estimate of drug-likeness (QED) is 0.0222. The maximum absolute atomic E-state index is 13.1. The Morgan fingerprint density at radius 3 is 0.710 bits per heavy atom. The fourth-order valence-corrected chi connectivity index (χ4v) is 13.9. The van der Waals surface area contributed by atoms with E-state index in [0.717, 1.165) is 120 Å². The number of hydrogen-bond donors (Lipinski definition) is 3. The largest absolute Gasteiger partial charge is 0.472 e. The molecule has 0 aromatic carbocycles. The van der Waals surface area contributed by atoms with Crippen LogP contribution in [0, 0.1) is 23.7 Å². The second-order valence-corrected chi connectivity index (χ2v) is 33.3. The minimum atomic E-state index is -4.96.